The van der Waals surface area contributed by atoms with Gasteiger partial charge in [-0.1, -0.05) is 12.1 Å². The number of hydrogen-bond donors (Lipinski definition) is 1. The molecule has 1 heterocycles. The average Bonchev–Trinajstić information content (AvgIpc) is 2.82. The molecule has 1 aromatic carbocycles. The van der Waals surface area contributed by atoms with Crippen molar-refractivity contribution in [3.63, 3.8) is 0 Å². The van der Waals surface area contributed by atoms with Crippen LogP contribution in [-0.4, -0.2) is 26.2 Å². The molecule has 1 N–H and O–H groups in total. The second-order valence-corrected chi connectivity index (χ2v) is 4.25. The number of carbonyl (C=O) groups excluding carboxylic acids is 1. The molecule has 1 aliphatic rings. The van der Waals surface area contributed by atoms with E-state index in [4.69, 9.17) is 0 Å². The van der Waals surface area contributed by atoms with Crippen LogP contribution in [0.1, 0.15) is 22.3 Å². The van der Waals surface area contributed by atoms with Crippen LogP contribution in [0.25, 0.3) is 0 Å². The molecule has 1 aromatic rings. The van der Waals surface area contributed by atoms with Gasteiger partial charge in [-0.25, -0.2) is 4.79 Å². The monoisotopic (exact) mass is 255 g/mol. The van der Waals surface area contributed by atoms with Gasteiger partial charge >= 0.3 is 5.97 Å². The summed E-state index contributed by atoms with van der Waals surface area (Å²) in [6.07, 6.45) is 2.34. The van der Waals surface area contributed by atoms with Gasteiger partial charge < -0.3 is 10.1 Å². The van der Waals surface area contributed by atoms with Crippen molar-refractivity contribution in [1.29, 1.82) is 0 Å². The predicted octanol–water partition coefficient (Wildman–Crippen LogP) is 2.05. The Kier molecular flexibility index (Phi) is 5.45. The minimum atomic E-state index is -0.269. The number of esters is 1. The molecule has 1 saturated heterocycles. The Bertz CT molecular complexity index is 358. The number of hydrogen-bond acceptors (Lipinski definition) is 3. The Morgan fingerprint density at radius 2 is 2.12 bits per heavy atom. The van der Waals surface area contributed by atoms with E-state index in [1.54, 1.807) is 0 Å². The molecule has 1 unspecified atom stereocenters. The molecule has 0 saturated carbocycles. The van der Waals surface area contributed by atoms with E-state index in [9.17, 15) is 4.79 Å². The number of halogens is 1. The van der Waals surface area contributed by atoms with Gasteiger partial charge in [-0.05, 0) is 49.5 Å². The second kappa shape index (κ2) is 6.62. The highest BCUT2D eigenvalue weighted by atomic mass is 35.5. The lowest BCUT2D eigenvalue weighted by molar-refractivity contribution is 0.0600. The van der Waals surface area contributed by atoms with Crippen LogP contribution in [0, 0.1) is 5.92 Å². The molecular weight excluding hydrogens is 238 g/mol. The van der Waals surface area contributed by atoms with Crippen LogP contribution in [0.2, 0.25) is 0 Å². The molecular formula is C13H18ClNO2. The lowest BCUT2D eigenvalue weighted by Gasteiger charge is -2.08. The minimum Gasteiger partial charge on any atom is -0.465 e. The van der Waals surface area contributed by atoms with Crippen molar-refractivity contribution >= 4 is 18.4 Å². The molecule has 0 aromatic heterocycles. The average molecular weight is 256 g/mol. The molecule has 0 radical (unpaired) electrons. The highest BCUT2D eigenvalue weighted by molar-refractivity contribution is 5.89. The van der Waals surface area contributed by atoms with Crippen LogP contribution in [0.5, 0.6) is 0 Å². The third-order valence-corrected chi connectivity index (χ3v) is 3.06. The first-order valence-corrected chi connectivity index (χ1v) is 5.67. The summed E-state index contributed by atoms with van der Waals surface area (Å²) in [4.78, 5) is 11.2. The number of benzene rings is 1. The molecule has 1 aliphatic heterocycles. The van der Waals surface area contributed by atoms with Gasteiger partial charge in [-0.15, -0.1) is 12.4 Å². The van der Waals surface area contributed by atoms with E-state index in [-0.39, 0.29) is 18.4 Å². The fourth-order valence-electron chi connectivity index (χ4n) is 2.12. The molecule has 1 fully saturated rings. The first-order chi connectivity index (χ1) is 7.79. The summed E-state index contributed by atoms with van der Waals surface area (Å²) in [5.41, 5.74) is 1.91. The van der Waals surface area contributed by atoms with Gasteiger partial charge in [0.2, 0.25) is 0 Å². The maximum absolute atomic E-state index is 11.2. The molecule has 4 heteroatoms. The maximum Gasteiger partial charge on any atom is 0.337 e. The Balaban J connectivity index is 0.00000144. The summed E-state index contributed by atoms with van der Waals surface area (Å²) in [5.74, 6) is 0.470. The molecule has 2 rings (SSSR count). The SMILES string of the molecule is COC(=O)c1ccc(CC2CCNC2)cc1.Cl. The lowest BCUT2D eigenvalue weighted by Crippen LogP contribution is -2.10. The van der Waals surface area contributed by atoms with Crippen LogP contribution in [0.3, 0.4) is 0 Å². The summed E-state index contributed by atoms with van der Waals surface area (Å²) < 4.78 is 4.66. The normalized spacial score (nSPS) is 18.5. The fourth-order valence-corrected chi connectivity index (χ4v) is 2.12. The molecule has 3 nitrogen and oxygen atoms in total. The van der Waals surface area contributed by atoms with E-state index in [1.165, 1.54) is 19.1 Å². The van der Waals surface area contributed by atoms with Gasteiger partial charge in [0.15, 0.2) is 0 Å². The Hall–Kier alpha value is -1.06. The van der Waals surface area contributed by atoms with E-state index in [2.05, 4.69) is 10.1 Å². The zero-order chi connectivity index (χ0) is 11.4. The number of methoxy groups -OCH3 is 1. The van der Waals surface area contributed by atoms with E-state index in [0.717, 1.165) is 25.4 Å². The molecule has 0 bridgehead atoms. The van der Waals surface area contributed by atoms with Crippen LogP contribution < -0.4 is 5.32 Å². The highest BCUT2D eigenvalue weighted by Gasteiger charge is 2.14. The quantitative estimate of drug-likeness (QED) is 0.841. The van der Waals surface area contributed by atoms with Crippen molar-refractivity contribution in [2.45, 2.75) is 12.8 Å². The molecule has 0 spiro atoms. The summed E-state index contributed by atoms with van der Waals surface area (Å²) in [6.45, 7) is 2.24. The highest BCUT2D eigenvalue weighted by Crippen LogP contribution is 2.15. The maximum atomic E-state index is 11.2. The zero-order valence-electron chi connectivity index (χ0n) is 9.94. The number of nitrogens with one attached hydrogen (secondary N) is 1. The molecule has 94 valence electrons. The molecule has 17 heavy (non-hydrogen) atoms. The van der Waals surface area contributed by atoms with Crippen molar-refractivity contribution in [3.05, 3.63) is 35.4 Å². The van der Waals surface area contributed by atoms with Crippen LogP contribution in [0.15, 0.2) is 24.3 Å². The summed E-state index contributed by atoms with van der Waals surface area (Å²) in [6, 6.07) is 7.71. The third kappa shape index (κ3) is 3.72. The zero-order valence-corrected chi connectivity index (χ0v) is 10.8. The van der Waals surface area contributed by atoms with Crippen LogP contribution in [0.4, 0.5) is 0 Å². The van der Waals surface area contributed by atoms with Crippen molar-refractivity contribution in [1.82, 2.24) is 5.32 Å². The first-order valence-electron chi connectivity index (χ1n) is 5.67. The Morgan fingerprint density at radius 3 is 2.65 bits per heavy atom. The predicted molar refractivity (Wildman–Crippen MR) is 69.7 cm³/mol. The van der Waals surface area contributed by atoms with E-state index in [0.29, 0.717) is 5.56 Å². The standard InChI is InChI=1S/C13H17NO2.ClH/c1-16-13(15)12-4-2-10(3-5-12)8-11-6-7-14-9-11;/h2-5,11,14H,6-9H2,1H3;1H. The van der Waals surface area contributed by atoms with E-state index < -0.39 is 0 Å². The molecule has 1 atom stereocenters. The van der Waals surface area contributed by atoms with E-state index >= 15 is 0 Å². The fraction of sp³-hybridized carbons (Fsp3) is 0.462. The van der Waals surface area contributed by atoms with Gasteiger partial charge in [-0.2, -0.15) is 0 Å². The number of ether oxygens (including phenoxy) is 1. The largest absolute Gasteiger partial charge is 0.465 e. The minimum absolute atomic E-state index is 0. The smallest absolute Gasteiger partial charge is 0.337 e. The van der Waals surface area contributed by atoms with Gasteiger partial charge in [0, 0.05) is 0 Å². The Labute approximate surface area is 108 Å². The van der Waals surface area contributed by atoms with E-state index in [1.807, 2.05) is 24.3 Å². The van der Waals surface area contributed by atoms with Crippen molar-refractivity contribution < 1.29 is 9.53 Å². The summed E-state index contributed by atoms with van der Waals surface area (Å²) in [5, 5.41) is 3.36. The third-order valence-electron chi connectivity index (χ3n) is 3.06. The van der Waals surface area contributed by atoms with Crippen molar-refractivity contribution in [2.24, 2.45) is 5.92 Å². The van der Waals surface area contributed by atoms with Gasteiger partial charge in [0.25, 0.3) is 0 Å². The second-order valence-electron chi connectivity index (χ2n) is 4.25. The first kappa shape index (κ1) is 14.0. The number of rotatable bonds is 3. The number of carbonyl (C=O) groups is 1. The van der Waals surface area contributed by atoms with Crippen LogP contribution >= 0.6 is 12.4 Å². The van der Waals surface area contributed by atoms with Crippen molar-refractivity contribution in [2.75, 3.05) is 20.2 Å². The summed E-state index contributed by atoms with van der Waals surface area (Å²) >= 11 is 0. The van der Waals surface area contributed by atoms with Crippen LogP contribution in [-0.2, 0) is 11.2 Å². The summed E-state index contributed by atoms with van der Waals surface area (Å²) in [7, 11) is 1.40. The van der Waals surface area contributed by atoms with Gasteiger partial charge in [-0.3, -0.25) is 0 Å². The molecule has 0 amide bonds. The van der Waals surface area contributed by atoms with Crippen molar-refractivity contribution in [3.8, 4) is 0 Å². The molecule has 0 aliphatic carbocycles. The van der Waals surface area contributed by atoms with Gasteiger partial charge in [0.05, 0.1) is 12.7 Å². The lowest BCUT2D eigenvalue weighted by atomic mass is 9.98. The topological polar surface area (TPSA) is 38.3 Å². The van der Waals surface area contributed by atoms with Gasteiger partial charge in [0.1, 0.15) is 0 Å². The Morgan fingerprint density at radius 1 is 1.41 bits per heavy atom.